The first kappa shape index (κ1) is 19.8. The van der Waals surface area contributed by atoms with E-state index < -0.39 is 0 Å². The molecule has 7 heteroatoms. The third-order valence-corrected chi connectivity index (χ3v) is 5.25. The van der Waals surface area contributed by atoms with E-state index in [0.717, 1.165) is 4.88 Å². The minimum absolute atomic E-state index is 0.0472. The summed E-state index contributed by atoms with van der Waals surface area (Å²) >= 11 is 1.54. The minimum atomic E-state index is -0.207. The first-order chi connectivity index (χ1) is 13.5. The molecule has 0 saturated heterocycles. The van der Waals surface area contributed by atoms with E-state index in [1.807, 2.05) is 31.4 Å². The van der Waals surface area contributed by atoms with Gasteiger partial charge in [0.2, 0.25) is 11.8 Å². The van der Waals surface area contributed by atoms with E-state index in [9.17, 15) is 9.59 Å². The molecule has 6 nitrogen and oxygen atoms in total. The van der Waals surface area contributed by atoms with Crippen molar-refractivity contribution in [3.63, 3.8) is 0 Å². The van der Waals surface area contributed by atoms with Crippen molar-refractivity contribution in [2.24, 2.45) is 0 Å². The van der Waals surface area contributed by atoms with Crippen LogP contribution in [0.15, 0.2) is 46.2 Å². The van der Waals surface area contributed by atoms with Crippen molar-refractivity contribution in [1.82, 2.24) is 9.88 Å². The largest absolute Gasteiger partial charge is 0.440 e. The van der Waals surface area contributed by atoms with Crippen molar-refractivity contribution in [2.45, 2.75) is 27.2 Å². The van der Waals surface area contributed by atoms with Crippen molar-refractivity contribution >= 4 is 28.8 Å². The van der Waals surface area contributed by atoms with Gasteiger partial charge in [-0.05, 0) is 50.4 Å². The molecule has 3 rings (SSSR count). The Hall–Kier alpha value is -2.93. The topological polar surface area (TPSA) is 75.4 Å². The fourth-order valence-corrected chi connectivity index (χ4v) is 3.53. The zero-order valence-electron chi connectivity index (χ0n) is 16.2. The maximum absolute atomic E-state index is 12.5. The van der Waals surface area contributed by atoms with Crippen molar-refractivity contribution in [3.05, 3.63) is 58.8 Å². The van der Waals surface area contributed by atoms with Gasteiger partial charge in [-0.2, -0.15) is 0 Å². The van der Waals surface area contributed by atoms with Crippen LogP contribution in [0, 0.1) is 6.92 Å². The Kier molecular flexibility index (Phi) is 6.26. The molecule has 3 aromatic rings. The fraction of sp³-hybridized carbons (Fsp3) is 0.286. The molecule has 2 heterocycles. The second kappa shape index (κ2) is 8.84. The van der Waals surface area contributed by atoms with Gasteiger partial charge in [-0.15, -0.1) is 11.3 Å². The van der Waals surface area contributed by atoms with Gasteiger partial charge in [-0.1, -0.05) is 12.1 Å². The summed E-state index contributed by atoms with van der Waals surface area (Å²) in [5.74, 6) is 0.904. The Morgan fingerprint density at radius 1 is 1.18 bits per heavy atom. The van der Waals surface area contributed by atoms with Crippen molar-refractivity contribution in [2.75, 3.05) is 18.4 Å². The second-order valence-corrected chi connectivity index (χ2v) is 7.23. The number of benzene rings is 1. The maximum atomic E-state index is 12.5. The number of oxazole rings is 1. The molecule has 1 N–H and O–H groups in total. The van der Waals surface area contributed by atoms with E-state index in [0.29, 0.717) is 41.7 Å². The van der Waals surface area contributed by atoms with Gasteiger partial charge < -0.3 is 14.6 Å². The summed E-state index contributed by atoms with van der Waals surface area (Å²) in [6.45, 7) is 6.97. The number of rotatable bonds is 7. The summed E-state index contributed by atoms with van der Waals surface area (Å²) in [7, 11) is 0. The van der Waals surface area contributed by atoms with Gasteiger partial charge in [0.05, 0.1) is 17.0 Å². The lowest BCUT2D eigenvalue weighted by Gasteiger charge is -2.19. The molecule has 1 aromatic carbocycles. The molecule has 0 saturated carbocycles. The summed E-state index contributed by atoms with van der Waals surface area (Å²) < 4.78 is 5.68. The van der Waals surface area contributed by atoms with Crippen LogP contribution >= 0.6 is 11.3 Å². The Morgan fingerprint density at radius 3 is 2.64 bits per heavy atom. The molecule has 0 aliphatic rings. The molecule has 0 atom stereocenters. The van der Waals surface area contributed by atoms with Crippen LogP contribution in [0.25, 0.3) is 10.8 Å². The van der Waals surface area contributed by atoms with Gasteiger partial charge in [-0.3, -0.25) is 9.59 Å². The van der Waals surface area contributed by atoms with Crippen LogP contribution < -0.4 is 5.32 Å². The zero-order chi connectivity index (χ0) is 20.1. The summed E-state index contributed by atoms with van der Waals surface area (Å²) in [5, 5.41) is 4.80. The number of nitrogens with one attached hydrogen (secondary N) is 1. The minimum Gasteiger partial charge on any atom is -0.440 e. The fourth-order valence-electron chi connectivity index (χ4n) is 2.88. The molecule has 2 amide bonds. The summed E-state index contributed by atoms with van der Waals surface area (Å²) in [5.41, 5.74) is 1.75. The van der Waals surface area contributed by atoms with E-state index in [2.05, 4.69) is 10.3 Å². The molecule has 0 fully saturated rings. The van der Waals surface area contributed by atoms with Gasteiger partial charge in [0.15, 0.2) is 0 Å². The number of carbonyl (C=O) groups excluding carboxylic acids is 2. The molecule has 0 aliphatic heterocycles. The summed E-state index contributed by atoms with van der Waals surface area (Å²) in [6, 6.07) is 10.8. The van der Waals surface area contributed by atoms with Crippen LogP contribution in [0.4, 0.5) is 5.69 Å². The molecule has 0 bridgehead atoms. The second-order valence-electron chi connectivity index (χ2n) is 6.28. The number of aromatic nitrogens is 1. The van der Waals surface area contributed by atoms with Crippen molar-refractivity contribution in [1.29, 1.82) is 0 Å². The smallest absolute Gasteiger partial charge is 0.253 e. The Bertz CT molecular complexity index is 959. The first-order valence-corrected chi connectivity index (χ1v) is 10.1. The predicted octanol–water partition coefficient (Wildman–Crippen LogP) is 4.37. The molecule has 28 heavy (non-hydrogen) atoms. The monoisotopic (exact) mass is 397 g/mol. The van der Waals surface area contributed by atoms with Gasteiger partial charge in [-0.25, -0.2) is 4.98 Å². The molecule has 0 spiro atoms. The SMILES string of the molecule is CCN(CC)C(=O)c1cccc(NC(=O)Cc2nc(-c3cccs3)oc2C)c1. The van der Waals surface area contributed by atoms with Gasteiger partial charge in [0.1, 0.15) is 5.76 Å². The molecular formula is C21H23N3O3S. The third-order valence-electron chi connectivity index (χ3n) is 4.40. The molecular weight excluding hydrogens is 374 g/mol. The first-order valence-electron chi connectivity index (χ1n) is 9.21. The number of nitrogens with zero attached hydrogens (tertiary/aromatic N) is 2. The van der Waals surface area contributed by atoms with Crippen LogP contribution in [0.1, 0.15) is 35.7 Å². The van der Waals surface area contributed by atoms with Gasteiger partial charge >= 0.3 is 0 Å². The van der Waals surface area contributed by atoms with Gasteiger partial charge in [0, 0.05) is 24.3 Å². The molecule has 0 unspecified atom stereocenters. The standard InChI is InChI=1S/C21H23N3O3S/c1-4-24(5-2)21(26)15-8-6-9-16(12-15)22-19(25)13-17-14(3)27-20(23-17)18-10-7-11-28-18/h6-12H,4-5,13H2,1-3H3,(H,22,25). The van der Waals surface area contributed by atoms with E-state index in [1.165, 1.54) is 11.3 Å². The molecule has 0 radical (unpaired) electrons. The number of hydrogen-bond donors (Lipinski definition) is 1. The number of anilines is 1. The average Bonchev–Trinajstić information content (AvgIpc) is 3.33. The number of carbonyl (C=O) groups is 2. The van der Waals surface area contributed by atoms with Crippen LogP contribution in [0.2, 0.25) is 0 Å². The van der Waals surface area contributed by atoms with Crippen LogP contribution in [-0.4, -0.2) is 34.8 Å². The van der Waals surface area contributed by atoms with E-state index in [1.54, 1.807) is 36.1 Å². The predicted molar refractivity (Wildman–Crippen MR) is 111 cm³/mol. The lowest BCUT2D eigenvalue weighted by atomic mass is 10.1. The van der Waals surface area contributed by atoms with Crippen LogP contribution in [0.3, 0.4) is 0 Å². The maximum Gasteiger partial charge on any atom is 0.253 e. The normalized spacial score (nSPS) is 10.7. The van der Waals surface area contributed by atoms with Crippen LogP contribution in [-0.2, 0) is 11.2 Å². The highest BCUT2D eigenvalue weighted by Gasteiger charge is 2.16. The van der Waals surface area contributed by atoms with E-state index >= 15 is 0 Å². The Balaban J connectivity index is 1.69. The third kappa shape index (κ3) is 4.48. The highest BCUT2D eigenvalue weighted by atomic mass is 32.1. The summed E-state index contributed by atoms with van der Waals surface area (Å²) in [6.07, 6.45) is 0.106. The molecule has 146 valence electrons. The van der Waals surface area contributed by atoms with E-state index in [4.69, 9.17) is 4.42 Å². The van der Waals surface area contributed by atoms with E-state index in [-0.39, 0.29) is 18.2 Å². The van der Waals surface area contributed by atoms with Crippen molar-refractivity contribution in [3.8, 4) is 10.8 Å². The average molecular weight is 398 g/mol. The number of amides is 2. The summed E-state index contributed by atoms with van der Waals surface area (Å²) in [4.78, 5) is 32.1. The number of hydrogen-bond acceptors (Lipinski definition) is 5. The van der Waals surface area contributed by atoms with Gasteiger partial charge in [0.25, 0.3) is 5.91 Å². The Labute approximate surface area is 168 Å². The lowest BCUT2D eigenvalue weighted by Crippen LogP contribution is -2.30. The number of thiophene rings is 1. The molecule has 0 aliphatic carbocycles. The molecule has 2 aromatic heterocycles. The highest BCUT2D eigenvalue weighted by molar-refractivity contribution is 7.13. The zero-order valence-corrected chi connectivity index (χ0v) is 17.0. The quantitative estimate of drug-likeness (QED) is 0.642. The number of aryl methyl sites for hydroxylation is 1. The Morgan fingerprint density at radius 2 is 1.96 bits per heavy atom. The van der Waals surface area contributed by atoms with Crippen molar-refractivity contribution < 1.29 is 14.0 Å². The lowest BCUT2D eigenvalue weighted by molar-refractivity contribution is -0.115. The highest BCUT2D eigenvalue weighted by Crippen LogP contribution is 2.26. The van der Waals surface area contributed by atoms with Crippen LogP contribution in [0.5, 0.6) is 0 Å².